The average molecular weight is 483 g/mol. The molecule has 2 N–H and O–H groups in total. The van der Waals surface area contributed by atoms with Crippen LogP contribution in [0.25, 0.3) is 0 Å². The first-order chi connectivity index (χ1) is 12.5. The first-order valence-electron chi connectivity index (χ1n) is 9.57. The molecule has 27 heavy (non-hydrogen) atoms. The molecule has 0 saturated heterocycles. The van der Waals surface area contributed by atoms with Gasteiger partial charge in [0.25, 0.3) is 0 Å². The van der Waals surface area contributed by atoms with E-state index in [-0.39, 0.29) is 24.0 Å². The first kappa shape index (κ1) is 23.5. The molecule has 150 valence electrons. The van der Waals surface area contributed by atoms with Crippen LogP contribution in [0, 0.1) is 19.8 Å². The van der Waals surface area contributed by atoms with Gasteiger partial charge in [-0.2, -0.15) is 0 Å². The Balaban J connectivity index is 0.00000364. The zero-order valence-electron chi connectivity index (χ0n) is 17.2. The Hall–Kier alpha value is -1.57. The molecule has 2 rings (SSSR count). The molecule has 0 radical (unpaired) electrons. The van der Waals surface area contributed by atoms with Gasteiger partial charge in [-0.05, 0) is 38.7 Å². The highest BCUT2D eigenvalue weighted by Crippen LogP contribution is 2.09. The van der Waals surface area contributed by atoms with Crippen molar-refractivity contribution < 1.29 is 0 Å². The van der Waals surface area contributed by atoms with Crippen LogP contribution in [-0.4, -0.2) is 28.6 Å². The Bertz CT molecular complexity index is 701. The van der Waals surface area contributed by atoms with E-state index >= 15 is 0 Å². The Morgan fingerprint density at radius 3 is 2.48 bits per heavy atom. The summed E-state index contributed by atoms with van der Waals surface area (Å²) < 4.78 is 2.19. The molecule has 0 bridgehead atoms. The number of imidazole rings is 1. The number of nitrogens with one attached hydrogen (secondary N) is 2. The number of aliphatic imine (C=N–C) groups is 1. The maximum absolute atomic E-state index is 4.70. The van der Waals surface area contributed by atoms with E-state index < -0.39 is 0 Å². The summed E-state index contributed by atoms with van der Waals surface area (Å²) in [7, 11) is 0. The van der Waals surface area contributed by atoms with Gasteiger partial charge in [0.2, 0.25) is 0 Å². The number of rotatable bonds is 8. The SMILES string of the molecule is CCNC(=NCc1nccn1CC(C)C)NCCc1cc(C)cc(C)c1.I. The average Bonchev–Trinajstić information content (AvgIpc) is 2.98. The molecule has 1 aromatic heterocycles. The molecule has 0 atom stereocenters. The van der Waals surface area contributed by atoms with Gasteiger partial charge in [-0.3, -0.25) is 0 Å². The molecule has 1 aromatic carbocycles. The second-order valence-electron chi connectivity index (χ2n) is 7.26. The molecule has 0 unspecified atom stereocenters. The van der Waals surface area contributed by atoms with Crippen molar-refractivity contribution in [2.45, 2.75) is 54.1 Å². The second kappa shape index (κ2) is 12.0. The van der Waals surface area contributed by atoms with E-state index in [1.165, 1.54) is 16.7 Å². The van der Waals surface area contributed by atoms with Crippen molar-refractivity contribution in [2.24, 2.45) is 10.9 Å². The lowest BCUT2D eigenvalue weighted by Crippen LogP contribution is -2.38. The number of aryl methyl sites for hydroxylation is 2. The van der Waals surface area contributed by atoms with E-state index in [1.807, 2.05) is 12.4 Å². The molecule has 5 nitrogen and oxygen atoms in total. The van der Waals surface area contributed by atoms with Gasteiger partial charge in [0, 0.05) is 32.0 Å². The highest BCUT2D eigenvalue weighted by atomic mass is 127. The van der Waals surface area contributed by atoms with Crippen molar-refractivity contribution >= 4 is 29.9 Å². The van der Waals surface area contributed by atoms with Gasteiger partial charge in [-0.1, -0.05) is 43.2 Å². The van der Waals surface area contributed by atoms with Crippen LogP contribution in [0.5, 0.6) is 0 Å². The Morgan fingerprint density at radius 1 is 1.15 bits per heavy atom. The predicted molar refractivity (Wildman–Crippen MR) is 125 cm³/mol. The summed E-state index contributed by atoms with van der Waals surface area (Å²) in [5.74, 6) is 2.44. The summed E-state index contributed by atoms with van der Waals surface area (Å²) in [5, 5.41) is 6.75. The van der Waals surface area contributed by atoms with Crippen LogP contribution >= 0.6 is 24.0 Å². The van der Waals surface area contributed by atoms with E-state index in [0.29, 0.717) is 12.5 Å². The van der Waals surface area contributed by atoms with Crippen LogP contribution < -0.4 is 10.6 Å². The van der Waals surface area contributed by atoms with E-state index in [1.54, 1.807) is 0 Å². The standard InChI is InChI=1S/C21H33N5.HI/c1-6-22-21(24-8-7-19-12-17(4)11-18(5)13-19)25-14-20-23-9-10-26(20)15-16(2)3;/h9-13,16H,6-8,14-15H2,1-5H3,(H2,22,24,25);1H. The summed E-state index contributed by atoms with van der Waals surface area (Å²) in [6.07, 6.45) is 4.87. The molecule has 1 heterocycles. The monoisotopic (exact) mass is 483 g/mol. The van der Waals surface area contributed by atoms with Crippen LogP contribution in [0.2, 0.25) is 0 Å². The zero-order chi connectivity index (χ0) is 18.9. The summed E-state index contributed by atoms with van der Waals surface area (Å²) in [6.45, 7) is 14.1. The van der Waals surface area contributed by atoms with Crippen LogP contribution in [0.1, 0.15) is 43.3 Å². The smallest absolute Gasteiger partial charge is 0.191 e. The number of hydrogen-bond acceptors (Lipinski definition) is 2. The quantitative estimate of drug-likeness (QED) is 0.338. The Morgan fingerprint density at radius 2 is 1.85 bits per heavy atom. The topological polar surface area (TPSA) is 54.2 Å². The van der Waals surface area contributed by atoms with Crippen LogP contribution in [0.15, 0.2) is 35.6 Å². The van der Waals surface area contributed by atoms with E-state index in [4.69, 9.17) is 4.99 Å². The fraction of sp³-hybridized carbons (Fsp3) is 0.524. The molecule has 0 amide bonds. The second-order valence-corrected chi connectivity index (χ2v) is 7.26. The zero-order valence-corrected chi connectivity index (χ0v) is 19.6. The van der Waals surface area contributed by atoms with E-state index in [0.717, 1.165) is 37.8 Å². The van der Waals surface area contributed by atoms with Crippen LogP contribution in [0.4, 0.5) is 0 Å². The van der Waals surface area contributed by atoms with Crippen molar-refractivity contribution in [3.8, 4) is 0 Å². The van der Waals surface area contributed by atoms with Gasteiger partial charge in [0.05, 0.1) is 0 Å². The molecule has 0 aliphatic rings. The molecular weight excluding hydrogens is 449 g/mol. The molecule has 0 saturated carbocycles. The number of guanidine groups is 1. The Labute approximate surface area is 181 Å². The van der Waals surface area contributed by atoms with Gasteiger partial charge < -0.3 is 15.2 Å². The summed E-state index contributed by atoms with van der Waals surface area (Å²) >= 11 is 0. The molecule has 0 aliphatic carbocycles. The maximum atomic E-state index is 4.70. The van der Waals surface area contributed by atoms with E-state index in [2.05, 4.69) is 73.0 Å². The van der Waals surface area contributed by atoms with Gasteiger partial charge in [0.15, 0.2) is 5.96 Å². The van der Waals surface area contributed by atoms with Gasteiger partial charge in [0.1, 0.15) is 12.4 Å². The highest BCUT2D eigenvalue weighted by Gasteiger charge is 2.05. The largest absolute Gasteiger partial charge is 0.357 e. The van der Waals surface area contributed by atoms with Gasteiger partial charge in [-0.15, -0.1) is 24.0 Å². The number of halogens is 1. The minimum absolute atomic E-state index is 0. The highest BCUT2D eigenvalue weighted by molar-refractivity contribution is 14.0. The summed E-state index contributed by atoms with van der Waals surface area (Å²) in [5.41, 5.74) is 3.99. The fourth-order valence-electron chi connectivity index (χ4n) is 3.08. The summed E-state index contributed by atoms with van der Waals surface area (Å²) in [4.78, 5) is 9.15. The number of hydrogen-bond donors (Lipinski definition) is 2. The normalized spacial score (nSPS) is 11.4. The third-order valence-corrected chi connectivity index (χ3v) is 4.07. The number of aromatic nitrogens is 2. The lowest BCUT2D eigenvalue weighted by atomic mass is 10.1. The molecule has 6 heteroatoms. The third-order valence-electron chi connectivity index (χ3n) is 4.07. The molecular formula is C21H34IN5. The van der Waals surface area contributed by atoms with Crippen molar-refractivity contribution in [3.63, 3.8) is 0 Å². The molecule has 0 fully saturated rings. The van der Waals surface area contributed by atoms with E-state index in [9.17, 15) is 0 Å². The maximum Gasteiger partial charge on any atom is 0.191 e. The molecule has 0 spiro atoms. The van der Waals surface area contributed by atoms with Crippen molar-refractivity contribution in [1.29, 1.82) is 0 Å². The number of benzene rings is 1. The molecule has 0 aliphatic heterocycles. The lowest BCUT2D eigenvalue weighted by Gasteiger charge is -2.13. The van der Waals surface area contributed by atoms with Crippen molar-refractivity contribution in [1.82, 2.24) is 20.2 Å². The van der Waals surface area contributed by atoms with Crippen LogP contribution in [0.3, 0.4) is 0 Å². The van der Waals surface area contributed by atoms with Crippen molar-refractivity contribution in [3.05, 3.63) is 53.1 Å². The van der Waals surface area contributed by atoms with Gasteiger partial charge in [-0.25, -0.2) is 9.98 Å². The fourth-order valence-corrected chi connectivity index (χ4v) is 3.08. The third kappa shape index (κ3) is 8.32. The predicted octanol–water partition coefficient (Wildman–Crippen LogP) is 4.07. The lowest BCUT2D eigenvalue weighted by molar-refractivity contribution is 0.507. The minimum Gasteiger partial charge on any atom is -0.357 e. The Kier molecular flexibility index (Phi) is 10.4. The summed E-state index contributed by atoms with van der Waals surface area (Å²) in [6, 6.07) is 6.71. The van der Waals surface area contributed by atoms with Crippen LogP contribution in [-0.2, 0) is 19.5 Å². The van der Waals surface area contributed by atoms with Crippen molar-refractivity contribution in [2.75, 3.05) is 13.1 Å². The molecule has 2 aromatic rings. The van der Waals surface area contributed by atoms with Gasteiger partial charge >= 0.3 is 0 Å². The minimum atomic E-state index is 0. The first-order valence-corrected chi connectivity index (χ1v) is 9.57. The number of nitrogens with zero attached hydrogens (tertiary/aromatic N) is 3.